The fourth-order valence-electron chi connectivity index (χ4n) is 2.11. The molecule has 0 unspecified atom stereocenters. The van der Waals surface area contributed by atoms with Crippen molar-refractivity contribution >= 4 is 17.6 Å². The van der Waals surface area contributed by atoms with E-state index in [1.165, 1.54) is 6.92 Å². The Bertz CT molecular complexity index is 331. The van der Waals surface area contributed by atoms with E-state index in [1.54, 1.807) is 0 Å². The zero-order chi connectivity index (χ0) is 13.7. The Kier molecular flexibility index (Phi) is 5.31. The van der Waals surface area contributed by atoms with Crippen LogP contribution >= 0.6 is 0 Å². The number of ketones is 1. The third kappa shape index (κ3) is 4.47. The molecule has 18 heavy (non-hydrogen) atoms. The molecule has 1 rings (SSSR count). The van der Waals surface area contributed by atoms with Gasteiger partial charge in [0.1, 0.15) is 5.78 Å². The number of amides is 2. The van der Waals surface area contributed by atoms with Crippen molar-refractivity contribution in [2.75, 3.05) is 13.1 Å². The molecule has 1 aliphatic rings. The zero-order valence-corrected chi connectivity index (χ0v) is 11.4. The van der Waals surface area contributed by atoms with Crippen LogP contribution in [0.25, 0.3) is 0 Å². The first-order valence-electron chi connectivity index (χ1n) is 6.47. The van der Waals surface area contributed by atoms with Crippen LogP contribution in [-0.2, 0) is 14.4 Å². The van der Waals surface area contributed by atoms with Crippen molar-refractivity contribution in [1.29, 1.82) is 0 Å². The number of hydrogen-bond donors (Lipinski definition) is 1. The average Bonchev–Trinajstić information content (AvgIpc) is 2.27. The second-order valence-corrected chi connectivity index (χ2v) is 5.20. The number of Topliss-reactive ketones (excluding diaryl/α,β-unsaturated/α-hetero) is 1. The van der Waals surface area contributed by atoms with Crippen LogP contribution in [0, 0.1) is 5.92 Å². The molecule has 0 aromatic rings. The van der Waals surface area contributed by atoms with Crippen molar-refractivity contribution in [2.45, 2.75) is 46.1 Å². The molecule has 1 saturated heterocycles. The molecular weight excluding hydrogens is 232 g/mol. The Hall–Kier alpha value is -1.39. The van der Waals surface area contributed by atoms with Crippen molar-refractivity contribution in [1.82, 2.24) is 10.2 Å². The number of carbonyl (C=O) groups excluding carboxylic acids is 3. The molecule has 0 aromatic heterocycles. The first kappa shape index (κ1) is 14.7. The number of nitrogens with one attached hydrogen (secondary N) is 1. The summed E-state index contributed by atoms with van der Waals surface area (Å²) in [5.41, 5.74) is 0. The van der Waals surface area contributed by atoms with E-state index in [-0.39, 0.29) is 36.0 Å². The molecule has 5 heteroatoms. The van der Waals surface area contributed by atoms with E-state index in [0.717, 1.165) is 12.8 Å². The highest BCUT2D eigenvalue weighted by molar-refractivity contribution is 5.96. The standard InChI is InChI=1S/C13H22N2O3/c1-9(2)13(18)15-6-4-11(5-7-15)14-12(17)8-10(3)16/h9,11H,4-8H2,1-3H3,(H,14,17). The third-order valence-electron chi connectivity index (χ3n) is 3.08. The summed E-state index contributed by atoms with van der Waals surface area (Å²) in [4.78, 5) is 35.8. The summed E-state index contributed by atoms with van der Waals surface area (Å²) in [5, 5.41) is 2.84. The molecule has 0 bridgehead atoms. The minimum absolute atomic E-state index is 0.0221. The Morgan fingerprint density at radius 2 is 1.78 bits per heavy atom. The summed E-state index contributed by atoms with van der Waals surface area (Å²) in [6.07, 6.45) is 1.48. The van der Waals surface area contributed by atoms with E-state index < -0.39 is 0 Å². The molecule has 2 amide bonds. The summed E-state index contributed by atoms with van der Waals surface area (Å²) >= 11 is 0. The monoisotopic (exact) mass is 254 g/mol. The summed E-state index contributed by atoms with van der Waals surface area (Å²) in [7, 11) is 0. The van der Waals surface area contributed by atoms with Crippen LogP contribution in [-0.4, -0.2) is 41.6 Å². The second-order valence-electron chi connectivity index (χ2n) is 5.20. The number of rotatable bonds is 4. The highest BCUT2D eigenvalue weighted by atomic mass is 16.2. The lowest BCUT2D eigenvalue weighted by molar-refractivity contribution is -0.135. The van der Waals surface area contributed by atoms with Gasteiger partial charge in [0.25, 0.3) is 0 Å². The van der Waals surface area contributed by atoms with Crippen molar-refractivity contribution in [3.8, 4) is 0 Å². The first-order chi connectivity index (χ1) is 8.40. The molecular formula is C13H22N2O3. The molecule has 0 atom stereocenters. The Labute approximate surface area is 108 Å². The fourth-order valence-corrected chi connectivity index (χ4v) is 2.11. The van der Waals surface area contributed by atoms with Crippen LogP contribution in [0.2, 0.25) is 0 Å². The van der Waals surface area contributed by atoms with Gasteiger partial charge < -0.3 is 10.2 Å². The molecule has 0 aromatic carbocycles. The Morgan fingerprint density at radius 1 is 1.22 bits per heavy atom. The van der Waals surface area contributed by atoms with Crippen LogP contribution in [0.3, 0.4) is 0 Å². The molecule has 0 aliphatic carbocycles. The smallest absolute Gasteiger partial charge is 0.227 e. The highest BCUT2D eigenvalue weighted by Crippen LogP contribution is 2.13. The van der Waals surface area contributed by atoms with Gasteiger partial charge in [-0.1, -0.05) is 13.8 Å². The third-order valence-corrected chi connectivity index (χ3v) is 3.08. The van der Waals surface area contributed by atoms with Crippen molar-refractivity contribution < 1.29 is 14.4 Å². The van der Waals surface area contributed by atoms with Crippen LogP contribution in [0.15, 0.2) is 0 Å². The quantitative estimate of drug-likeness (QED) is 0.752. The number of piperidine rings is 1. The van der Waals surface area contributed by atoms with E-state index in [1.807, 2.05) is 18.7 Å². The fraction of sp³-hybridized carbons (Fsp3) is 0.769. The largest absolute Gasteiger partial charge is 0.353 e. The normalized spacial score (nSPS) is 16.8. The Morgan fingerprint density at radius 3 is 2.22 bits per heavy atom. The summed E-state index contributed by atoms with van der Waals surface area (Å²) in [5.74, 6) is -0.145. The van der Waals surface area contributed by atoms with Gasteiger partial charge in [0, 0.05) is 25.0 Å². The Balaban J connectivity index is 2.33. The molecule has 0 radical (unpaired) electrons. The lowest BCUT2D eigenvalue weighted by Gasteiger charge is -2.33. The molecule has 102 valence electrons. The van der Waals surface area contributed by atoms with Gasteiger partial charge in [-0.2, -0.15) is 0 Å². The minimum Gasteiger partial charge on any atom is -0.353 e. The summed E-state index contributed by atoms with van der Waals surface area (Å²) in [6.45, 7) is 6.56. The average molecular weight is 254 g/mol. The maximum Gasteiger partial charge on any atom is 0.227 e. The zero-order valence-electron chi connectivity index (χ0n) is 11.4. The molecule has 0 spiro atoms. The lowest BCUT2D eigenvalue weighted by atomic mass is 10.0. The lowest BCUT2D eigenvalue weighted by Crippen LogP contribution is -2.47. The molecule has 1 N–H and O–H groups in total. The van der Waals surface area contributed by atoms with Gasteiger partial charge >= 0.3 is 0 Å². The van der Waals surface area contributed by atoms with Crippen molar-refractivity contribution in [3.05, 3.63) is 0 Å². The summed E-state index contributed by atoms with van der Waals surface area (Å²) < 4.78 is 0. The van der Waals surface area contributed by atoms with E-state index in [2.05, 4.69) is 5.32 Å². The van der Waals surface area contributed by atoms with Crippen LogP contribution in [0.4, 0.5) is 0 Å². The minimum atomic E-state index is -0.212. The van der Waals surface area contributed by atoms with E-state index >= 15 is 0 Å². The van der Waals surface area contributed by atoms with Crippen molar-refractivity contribution in [2.24, 2.45) is 5.92 Å². The van der Waals surface area contributed by atoms with Crippen LogP contribution < -0.4 is 5.32 Å². The number of likely N-dealkylation sites (tertiary alicyclic amines) is 1. The van der Waals surface area contributed by atoms with Crippen LogP contribution in [0.5, 0.6) is 0 Å². The van der Waals surface area contributed by atoms with Crippen LogP contribution in [0.1, 0.15) is 40.0 Å². The SMILES string of the molecule is CC(=O)CC(=O)NC1CCN(C(=O)C(C)C)CC1. The predicted molar refractivity (Wildman–Crippen MR) is 67.9 cm³/mol. The number of nitrogens with zero attached hydrogens (tertiary/aromatic N) is 1. The van der Waals surface area contributed by atoms with Gasteiger partial charge in [0.05, 0.1) is 6.42 Å². The molecule has 5 nitrogen and oxygen atoms in total. The molecule has 1 aliphatic heterocycles. The molecule has 1 heterocycles. The first-order valence-corrected chi connectivity index (χ1v) is 6.47. The van der Waals surface area contributed by atoms with Crippen molar-refractivity contribution in [3.63, 3.8) is 0 Å². The van der Waals surface area contributed by atoms with Gasteiger partial charge in [-0.05, 0) is 19.8 Å². The maximum atomic E-state index is 11.8. The van der Waals surface area contributed by atoms with Gasteiger partial charge in [-0.25, -0.2) is 0 Å². The van der Waals surface area contributed by atoms with Gasteiger partial charge in [-0.3, -0.25) is 14.4 Å². The van der Waals surface area contributed by atoms with Gasteiger partial charge in [0.2, 0.25) is 11.8 Å². The van der Waals surface area contributed by atoms with Gasteiger partial charge in [0.15, 0.2) is 0 Å². The molecule has 1 fully saturated rings. The second kappa shape index (κ2) is 6.52. The van der Waals surface area contributed by atoms with Gasteiger partial charge in [-0.15, -0.1) is 0 Å². The molecule has 0 saturated carbocycles. The van der Waals surface area contributed by atoms with E-state index in [4.69, 9.17) is 0 Å². The number of hydrogen-bond acceptors (Lipinski definition) is 3. The maximum absolute atomic E-state index is 11.8. The number of carbonyl (C=O) groups is 3. The highest BCUT2D eigenvalue weighted by Gasteiger charge is 2.25. The topological polar surface area (TPSA) is 66.5 Å². The van der Waals surface area contributed by atoms with E-state index in [9.17, 15) is 14.4 Å². The predicted octanol–water partition coefficient (Wildman–Crippen LogP) is 0.729. The summed E-state index contributed by atoms with van der Waals surface area (Å²) in [6, 6.07) is 0.0908. The van der Waals surface area contributed by atoms with E-state index in [0.29, 0.717) is 13.1 Å².